The van der Waals surface area contributed by atoms with Crippen molar-refractivity contribution >= 4 is 12.1 Å². The van der Waals surface area contributed by atoms with Gasteiger partial charge in [-0.15, -0.1) is 0 Å². The van der Waals surface area contributed by atoms with Crippen LogP contribution < -0.4 is 5.32 Å². The van der Waals surface area contributed by atoms with Crippen LogP contribution in [0.25, 0.3) is 0 Å². The summed E-state index contributed by atoms with van der Waals surface area (Å²) in [5.41, 5.74) is 0. The van der Waals surface area contributed by atoms with Crippen LogP contribution in [0.2, 0.25) is 0 Å². The Morgan fingerprint density at radius 1 is 1.00 bits per heavy atom. The highest BCUT2D eigenvalue weighted by Crippen LogP contribution is 2.27. The van der Waals surface area contributed by atoms with Crippen molar-refractivity contribution in [3.05, 3.63) is 0 Å². The number of unbranched alkanes of at least 4 members (excludes halogenated alkanes) is 4. The number of amides is 1. The van der Waals surface area contributed by atoms with Crippen LogP contribution in [0.5, 0.6) is 0 Å². The maximum Gasteiger partial charge on any atom is 0.407 e. The molecule has 1 amide bonds. The number of nitrogens with one attached hydrogen (secondary N) is 1. The van der Waals surface area contributed by atoms with Crippen LogP contribution >= 0.6 is 0 Å². The van der Waals surface area contributed by atoms with E-state index in [9.17, 15) is 9.59 Å². The molecule has 1 aliphatic carbocycles. The number of carbonyl (C=O) groups is 2. The van der Waals surface area contributed by atoms with Gasteiger partial charge in [-0.1, -0.05) is 51.9 Å². The molecule has 5 nitrogen and oxygen atoms in total. The monoisotopic (exact) mass is 327 g/mol. The van der Waals surface area contributed by atoms with E-state index < -0.39 is 12.1 Å². The summed E-state index contributed by atoms with van der Waals surface area (Å²) in [6.45, 7) is 4.67. The Morgan fingerprint density at radius 3 is 2.35 bits per heavy atom. The van der Waals surface area contributed by atoms with Gasteiger partial charge in [-0.2, -0.15) is 0 Å². The minimum absolute atomic E-state index is 0.167. The summed E-state index contributed by atoms with van der Waals surface area (Å²) in [4.78, 5) is 24.1. The van der Waals surface area contributed by atoms with Crippen molar-refractivity contribution in [2.75, 3.05) is 13.2 Å². The largest absolute Gasteiger partial charge is 0.464 e. The average Bonchev–Trinajstić information content (AvgIpc) is 2.56. The molecule has 0 aromatic carbocycles. The highest BCUT2D eigenvalue weighted by Gasteiger charge is 2.32. The van der Waals surface area contributed by atoms with Crippen LogP contribution in [0.15, 0.2) is 0 Å². The molecule has 1 rings (SSSR count). The van der Waals surface area contributed by atoms with Crippen molar-refractivity contribution in [1.29, 1.82) is 0 Å². The second-order valence-corrected chi connectivity index (χ2v) is 6.32. The van der Waals surface area contributed by atoms with E-state index in [1.54, 1.807) is 6.92 Å². The molecule has 0 radical (unpaired) electrons. The molecule has 1 aliphatic rings. The number of rotatable bonds is 10. The molecule has 0 spiro atoms. The third-order valence-electron chi connectivity index (χ3n) is 4.42. The van der Waals surface area contributed by atoms with Gasteiger partial charge < -0.3 is 14.8 Å². The molecule has 1 N–H and O–H groups in total. The van der Waals surface area contributed by atoms with E-state index in [4.69, 9.17) is 9.47 Å². The van der Waals surface area contributed by atoms with E-state index in [-0.39, 0.29) is 11.9 Å². The molecule has 1 unspecified atom stereocenters. The lowest BCUT2D eigenvalue weighted by atomic mass is 9.84. The van der Waals surface area contributed by atoms with Crippen LogP contribution in [0.3, 0.4) is 0 Å². The smallest absolute Gasteiger partial charge is 0.407 e. The maximum absolute atomic E-state index is 12.4. The summed E-state index contributed by atoms with van der Waals surface area (Å²) < 4.78 is 10.3. The molecule has 0 saturated heterocycles. The Balaban J connectivity index is 2.42. The van der Waals surface area contributed by atoms with Crippen LogP contribution in [-0.4, -0.2) is 31.3 Å². The Hall–Kier alpha value is -1.26. The molecule has 5 heteroatoms. The van der Waals surface area contributed by atoms with E-state index in [2.05, 4.69) is 12.2 Å². The number of hydrogen-bond donors (Lipinski definition) is 1. The van der Waals surface area contributed by atoms with Gasteiger partial charge in [0.2, 0.25) is 0 Å². The highest BCUT2D eigenvalue weighted by atomic mass is 16.6. The van der Waals surface area contributed by atoms with Crippen LogP contribution in [0.4, 0.5) is 4.79 Å². The summed E-state index contributed by atoms with van der Waals surface area (Å²) in [7, 11) is 0. The lowest BCUT2D eigenvalue weighted by Crippen LogP contribution is -2.47. The molecule has 1 atom stereocenters. The second-order valence-electron chi connectivity index (χ2n) is 6.32. The first-order valence-electron chi connectivity index (χ1n) is 9.29. The van der Waals surface area contributed by atoms with Gasteiger partial charge in [0.1, 0.15) is 6.04 Å². The SMILES string of the molecule is CCCCCCCOC(=O)C(NC(=O)OCC)C1CCCCC1. The van der Waals surface area contributed by atoms with Crippen molar-refractivity contribution in [3.63, 3.8) is 0 Å². The Kier molecular flexibility index (Phi) is 10.5. The zero-order chi connectivity index (χ0) is 16.9. The second kappa shape index (κ2) is 12.2. The van der Waals surface area contributed by atoms with Crippen molar-refractivity contribution < 1.29 is 19.1 Å². The number of alkyl carbamates (subject to hydrolysis) is 1. The normalized spacial score (nSPS) is 16.6. The van der Waals surface area contributed by atoms with Crippen LogP contribution in [0, 0.1) is 5.92 Å². The quantitative estimate of drug-likeness (QED) is 0.482. The predicted molar refractivity (Wildman–Crippen MR) is 90.2 cm³/mol. The van der Waals surface area contributed by atoms with Gasteiger partial charge >= 0.3 is 12.1 Å². The first-order valence-corrected chi connectivity index (χ1v) is 9.29. The maximum atomic E-state index is 12.4. The summed E-state index contributed by atoms with van der Waals surface area (Å²) >= 11 is 0. The fraction of sp³-hybridized carbons (Fsp3) is 0.889. The number of hydrogen-bond acceptors (Lipinski definition) is 4. The molecule has 0 aromatic rings. The predicted octanol–water partition coefficient (Wildman–Crippen LogP) is 4.20. The molecule has 0 aliphatic heterocycles. The Morgan fingerprint density at radius 2 is 1.70 bits per heavy atom. The third kappa shape index (κ3) is 8.24. The summed E-state index contributed by atoms with van der Waals surface area (Å²) in [6.07, 6.45) is 10.4. The molecule has 1 saturated carbocycles. The number of ether oxygens (including phenoxy) is 2. The third-order valence-corrected chi connectivity index (χ3v) is 4.42. The molecule has 0 bridgehead atoms. The van der Waals surface area contributed by atoms with Crippen LogP contribution in [0.1, 0.15) is 78.1 Å². The van der Waals surface area contributed by atoms with Gasteiger partial charge in [0.05, 0.1) is 13.2 Å². The van der Waals surface area contributed by atoms with Crippen molar-refractivity contribution in [3.8, 4) is 0 Å². The van der Waals surface area contributed by atoms with E-state index in [1.807, 2.05) is 0 Å². The molecule has 0 heterocycles. The number of esters is 1. The van der Waals surface area contributed by atoms with Gasteiger partial charge in [0.15, 0.2) is 0 Å². The Labute approximate surface area is 140 Å². The van der Waals surface area contributed by atoms with E-state index >= 15 is 0 Å². The first kappa shape index (κ1) is 19.8. The van der Waals surface area contributed by atoms with Gasteiger partial charge in [-0.3, -0.25) is 0 Å². The molecular formula is C18H33NO4. The number of carbonyl (C=O) groups excluding carboxylic acids is 2. The zero-order valence-electron chi connectivity index (χ0n) is 14.8. The standard InChI is InChI=1S/C18H33NO4/c1-3-5-6-7-11-14-23-17(20)16(19-18(21)22-4-2)15-12-9-8-10-13-15/h15-16H,3-14H2,1-2H3,(H,19,21). The molecule has 0 aromatic heterocycles. The van der Waals surface area contributed by atoms with E-state index in [0.29, 0.717) is 13.2 Å². The van der Waals surface area contributed by atoms with Gasteiger partial charge in [-0.05, 0) is 32.1 Å². The zero-order valence-corrected chi connectivity index (χ0v) is 14.8. The average molecular weight is 327 g/mol. The van der Waals surface area contributed by atoms with Crippen molar-refractivity contribution in [2.24, 2.45) is 5.92 Å². The lowest BCUT2D eigenvalue weighted by Gasteiger charge is -2.29. The van der Waals surface area contributed by atoms with Gasteiger partial charge in [0.25, 0.3) is 0 Å². The fourth-order valence-corrected chi connectivity index (χ4v) is 3.10. The molecule has 23 heavy (non-hydrogen) atoms. The minimum Gasteiger partial charge on any atom is -0.464 e. The lowest BCUT2D eigenvalue weighted by molar-refractivity contribution is -0.148. The van der Waals surface area contributed by atoms with Gasteiger partial charge in [-0.25, -0.2) is 9.59 Å². The van der Waals surface area contributed by atoms with Crippen molar-refractivity contribution in [2.45, 2.75) is 84.1 Å². The van der Waals surface area contributed by atoms with Crippen molar-refractivity contribution in [1.82, 2.24) is 5.32 Å². The highest BCUT2D eigenvalue weighted by molar-refractivity contribution is 5.81. The van der Waals surface area contributed by atoms with Crippen LogP contribution in [-0.2, 0) is 14.3 Å². The Bertz CT molecular complexity index is 340. The minimum atomic E-state index is -0.565. The fourth-order valence-electron chi connectivity index (χ4n) is 3.10. The van der Waals surface area contributed by atoms with E-state index in [1.165, 1.54) is 25.7 Å². The van der Waals surface area contributed by atoms with E-state index in [0.717, 1.165) is 38.5 Å². The summed E-state index contributed by atoms with van der Waals surface area (Å²) in [6, 6.07) is -0.565. The van der Waals surface area contributed by atoms with Gasteiger partial charge in [0, 0.05) is 0 Å². The first-order chi connectivity index (χ1) is 11.2. The molecule has 134 valence electrons. The molecular weight excluding hydrogens is 294 g/mol. The molecule has 1 fully saturated rings. The topological polar surface area (TPSA) is 64.6 Å². The summed E-state index contributed by atoms with van der Waals surface area (Å²) in [5.74, 6) is -0.138. The summed E-state index contributed by atoms with van der Waals surface area (Å²) in [5, 5.41) is 2.71.